The van der Waals surface area contributed by atoms with Crippen molar-refractivity contribution in [3.63, 3.8) is 0 Å². The van der Waals surface area contributed by atoms with Crippen LogP contribution < -0.4 is 0 Å². The molecule has 1 nitrogen and oxygen atoms in total. The molecule has 0 radical (unpaired) electrons. The van der Waals surface area contributed by atoms with Gasteiger partial charge in [0.05, 0.1) is 0 Å². The highest BCUT2D eigenvalue weighted by Gasteiger charge is 2.35. The van der Waals surface area contributed by atoms with Gasteiger partial charge in [-0.05, 0) is 92.4 Å². The van der Waals surface area contributed by atoms with Crippen LogP contribution in [0.15, 0.2) is 146 Å². The Balaban J connectivity index is 1.22. The third kappa shape index (κ3) is 4.43. The van der Waals surface area contributed by atoms with Crippen molar-refractivity contribution in [1.29, 1.82) is 0 Å². The molecule has 0 atom stereocenters. The Hall–Kier alpha value is -5.53. The van der Waals surface area contributed by atoms with Crippen LogP contribution in [0.3, 0.4) is 0 Å². The highest BCUT2D eigenvalue weighted by Crippen LogP contribution is 2.50. The molecule has 6 aromatic carbocycles. The van der Waals surface area contributed by atoms with Crippen LogP contribution in [0.5, 0.6) is 0 Å². The van der Waals surface area contributed by atoms with Gasteiger partial charge in [-0.1, -0.05) is 146 Å². The lowest BCUT2D eigenvalue weighted by molar-refractivity contribution is -0.108. The molecule has 0 N–H and O–H groups in total. The van der Waals surface area contributed by atoms with Crippen molar-refractivity contribution in [2.45, 2.75) is 25.7 Å². The lowest BCUT2D eigenvalue weighted by Crippen LogP contribution is -2.07. The molecule has 0 aliphatic heterocycles. The third-order valence-corrected chi connectivity index (χ3v) is 10.1. The smallest absolute Gasteiger partial charge is 0.195 e. The third-order valence-electron chi connectivity index (χ3n) is 10.1. The number of Topliss-reactive ketones (excluding diaryl/α,β-unsaturated/α-hetero) is 1. The molecule has 0 heterocycles. The molecule has 6 aromatic rings. The number of hydrogen-bond donors (Lipinski definition) is 0. The van der Waals surface area contributed by atoms with E-state index in [2.05, 4.69) is 109 Å². The lowest BCUT2D eigenvalue weighted by Gasteiger charge is -2.20. The van der Waals surface area contributed by atoms with E-state index in [1.54, 1.807) is 0 Å². The van der Waals surface area contributed by atoms with Crippen LogP contribution >= 0.6 is 0 Å². The van der Waals surface area contributed by atoms with Crippen LogP contribution in [0.1, 0.15) is 44.5 Å². The molecule has 0 bridgehead atoms. The van der Waals surface area contributed by atoms with E-state index in [9.17, 15) is 4.79 Å². The molecule has 0 amide bonds. The number of ketones is 1. The van der Waals surface area contributed by atoms with Gasteiger partial charge in [-0.15, -0.1) is 0 Å². The summed E-state index contributed by atoms with van der Waals surface area (Å²) in [6.07, 6.45) is 4.70. The Morgan fingerprint density at radius 2 is 0.609 bits per heavy atom. The number of benzene rings is 6. The Labute approximate surface area is 270 Å². The molecule has 3 aliphatic carbocycles. The average Bonchev–Trinajstić information content (AvgIpc) is 3.39. The second-order valence-electron chi connectivity index (χ2n) is 12.7. The standard InChI is InChI=1S/C45H32O/c46-45-43(33-7-3-1-4-8-33)41(35-19-11-29(12-20-35)37-23-15-31-17-25-39(31)27-37)42(44(45)34-9-5-2-6-10-34)36-21-13-30(14-22-36)38-24-16-32-18-26-40(32)28-38/h1-16,19-24,27-28H,17-18,25-26H2. The number of carbonyl (C=O) groups excluding carboxylic acids is 1. The molecule has 1 heteroatoms. The second-order valence-corrected chi connectivity index (χ2v) is 12.7. The Kier molecular flexibility index (Phi) is 6.31. The molecule has 0 fully saturated rings. The van der Waals surface area contributed by atoms with Gasteiger partial charge in [0.15, 0.2) is 5.78 Å². The largest absolute Gasteiger partial charge is 0.289 e. The first-order chi connectivity index (χ1) is 22.7. The summed E-state index contributed by atoms with van der Waals surface area (Å²) in [4.78, 5) is 14.7. The molecule has 3 aliphatic rings. The van der Waals surface area contributed by atoms with Gasteiger partial charge in [-0.25, -0.2) is 0 Å². The van der Waals surface area contributed by atoms with Crippen LogP contribution in [0.2, 0.25) is 0 Å². The minimum absolute atomic E-state index is 0.0697. The molecule has 0 unspecified atom stereocenters. The van der Waals surface area contributed by atoms with E-state index in [1.165, 1.54) is 70.2 Å². The van der Waals surface area contributed by atoms with Crippen molar-refractivity contribution >= 4 is 28.1 Å². The summed E-state index contributed by atoms with van der Waals surface area (Å²) in [5, 5.41) is 0. The highest BCUT2D eigenvalue weighted by molar-refractivity contribution is 6.59. The summed E-state index contributed by atoms with van der Waals surface area (Å²) in [6, 6.07) is 51.6. The molecular formula is C45H32O. The molecule has 218 valence electrons. The van der Waals surface area contributed by atoms with Gasteiger partial charge in [0.2, 0.25) is 0 Å². The van der Waals surface area contributed by atoms with Gasteiger partial charge in [-0.2, -0.15) is 0 Å². The number of hydrogen-bond acceptors (Lipinski definition) is 1. The Bertz CT molecular complexity index is 2050. The highest BCUT2D eigenvalue weighted by atomic mass is 16.1. The average molecular weight is 589 g/mol. The van der Waals surface area contributed by atoms with E-state index in [0.717, 1.165) is 44.5 Å². The second kappa shape index (κ2) is 10.8. The van der Waals surface area contributed by atoms with E-state index >= 15 is 0 Å². The van der Waals surface area contributed by atoms with Gasteiger partial charge in [0.25, 0.3) is 0 Å². The van der Waals surface area contributed by atoms with E-state index in [-0.39, 0.29) is 5.78 Å². The number of rotatable bonds is 6. The zero-order chi connectivity index (χ0) is 30.6. The van der Waals surface area contributed by atoms with Crippen molar-refractivity contribution in [2.75, 3.05) is 0 Å². The molecule has 0 spiro atoms. The summed E-state index contributed by atoms with van der Waals surface area (Å²) in [7, 11) is 0. The number of allylic oxidation sites excluding steroid dienone is 4. The zero-order valence-electron chi connectivity index (χ0n) is 25.6. The minimum Gasteiger partial charge on any atom is -0.289 e. The number of carbonyl (C=O) groups is 1. The van der Waals surface area contributed by atoms with Crippen LogP contribution in [-0.4, -0.2) is 5.78 Å². The molecule has 46 heavy (non-hydrogen) atoms. The van der Waals surface area contributed by atoms with Crippen LogP contribution in [0.4, 0.5) is 0 Å². The SMILES string of the molecule is O=C1C(c2ccccc2)=C(c2ccc(-c3ccc4c(c3)CC4)cc2)C(c2ccc(-c3ccc4c(c3)CC4)cc2)=C1c1ccccc1. The Morgan fingerprint density at radius 1 is 0.283 bits per heavy atom. The first-order valence-corrected chi connectivity index (χ1v) is 16.3. The van der Waals surface area contributed by atoms with E-state index in [1.807, 2.05) is 36.4 Å². The van der Waals surface area contributed by atoms with Crippen LogP contribution in [0.25, 0.3) is 44.5 Å². The predicted molar refractivity (Wildman–Crippen MR) is 190 cm³/mol. The maximum atomic E-state index is 14.7. The molecule has 0 aromatic heterocycles. The summed E-state index contributed by atoms with van der Waals surface area (Å²) in [5.41, 5.74) is 18.2. The summed E-state index contributed by atoms with van der Waals surface area (Å²) < 4.78 is 0. The van der Waals surface area contributed by atoms with Crippen molar-refractivity contribution in [3.8, 4) is 22.3 Å². The fraction of sp³-hybridized carbons (Fsp3) is 0.0889. The quantitative estimate of drug-likeness (QED) is 0.189. The maximum absolute atomic E-state index is 14.7. The van der Waals surface area contributed by atoms with Crippen molar-refractivity contribution in [1.82, 2.24) is 0 Å². The van der Waals surface area contributed by atoms with Gasteiger partial charge in [0.1, 0.15) is 0 Å². The molecule has 0 saturated heterocycles. The van der Waals surface area contributed by atoms with E-state index in [4.69, 9.17) is 0 Å². The van der Waals surface area contributed by atoms with E-state index in [0.29, 0.717) is 0 Å². The fourth-order valence-electron chi connectivity index (χ4n) is 7.35. The van der Waals surface area contributed by atoms with Crippen LogP contribution in [0, 0.1) is 0 Å². The van der Waals surface area contributed by atoms with Gasteiger partial charge >= 0.3 is 0 Å². The van der Waals surface area contributed by atoms with Gasteiger partial charge < -0.3 is 0 Å². The normalized spacial score (nSPS) is 14.9. The van der Waals surface area contributed by atoms with Crippen molar-refractivity contribution < 1.29 is 4.79 Å². The van der Waals surface area contributed by atoms with Gasteiger partial charge in [0, 0.05) is 22.3 Å². The first kappa shape index (κ1) is 26.8. The summed E-state index contributed by atoms with van der Waals surface area (Å²) >= 11 is 0. The van der Waals surface area contributed by atoms with Crippen molar-refractivity contribution in [2.24, 2.45) is 0 Å². The lowest BCUT2D eigenvalue weighted by atomic mass is 9.85. The van der Waals surface area contributed by atoms with Crippen LogP contribution in [-0.2, 0) is 30.5 Å². The molecule has 9 rings (SSSR count). The van der Waals surface area contributed by atoms with Gasteiger partial charge in [-0.3, -0.25) is 4.79 Å². The Morgan fingerprint density at radius 3 is 0.957 bits per heavy atom. The number of fused-ring (bicyclic) bond motifs is 2. The first-order valence-electron chi connectivity index (χ1n) is 16.3. The molecule has 0 saturated carbocycles. The molecular weight excluding hydrogens is 556 g/mol. The fourth-order valence-corrected chi connectivity index (χ4v) is 7.35. The monoisotopic (exact) mass is 588 g/mol. The maximum Gasteiger partial charge on any atom is 0.195 e. The number of aryl methyl sites for hydroxylation is 4. The summed E-state index contributed by atoms with van der Waals surface area (Å²) in [5.74, 6) is 0.0697. The summed E-state index contributed by atoms with van der Waals surface area (Å²) in [6.45, 7) is 0. The zero-order valence-corrected chi connectivity index (χ0v) is 25.6. The topological polar surface area (TPSA) is 17.1 Å². The van der Waals surface area contributed by atoms with Crippen molar-refractivity contribution in [3.05, 3.63) is 190 Å². The minimum atomic E-state index is 0.0697. The predicted octanol–water partition coefficient (Wildman–Crippen LogP) is 10.3. The van der Waals surface area contributed by atoms with E-state index < -0.39 is 0 Å².